The molecule has 63 heavy (non-hydrogen) atoms. The van der Waals surface area contributed by atoms with Gasteiger partial charge in [-0.2, -0.15) is 0 Å². The van der Waals surface area contributed by atoms with Crippen LogP contribution in [0.2, 0.25) is 0 Å². The fraction of sp³-hybridized carbons (Fsp3) is 0.711. The number of aliphatic hydroxyl groups is 1. The number of aromatic nitrogens is 4. The number of aliphatic hydroxyl groups excluding tert-OH is 1. The number of likely N-dealkylation sites (N-methyl/N-ethyl adjacent to an activating group) is 1. The number of carbonyl (C=O) groups excluding carboxylic acids is 4. The maximum Gasteiger partial charge on any atom is 0.410 e. The number of ether oxygens (including phenoxy) is 5. The van der Waals surface area contributed by atoms with E-state index in [-0.39, 0.29) is 43.4 Å². The summed E-state index contributed by atoms with van der Waals surface area (Å²) in [5, 5.41) is 20.9. The van der Waals surface area contributed by atoms with Crippen molar-refractivity contribution in [2.75, 3.05) is 34.3 Å². The van der Waals surface area contributed by atoms with E-state index in [4.69, 9.17) is 28.7 Å². The molecule has 6 rings (SSSR count). The maximum atomic E-state index is 14.2. The van der Waals surface area contributed by atoms with Crippen LogP contribution in [-0.2, 0) is 44.6 Å². The molecule has 5 heterocycles. The molecule has 0 radical (unpaired) electrons. The lowest BCUT2D eigenvalue weighted by Gasteiger charge is -2.46. The summed E-state index contributed by atoms with van der Waals surface area (Å²) >= 11 is 1.56. The van der Waals surface area contributed by atoms with Crippen LogP contribution in [0, 0.1) is 11.8 Å². The molecular formula is C45H67N7O10S. The lowest BCUT2D eigenvalue weighted by molar-refractivity contribution is -0.289. The number of carbonyl (C=O) groups is 4. The number of fused-ring (bicyclic) bond motifs is 2. The smallest absolute Gasteiger partial charge is 0.410 e. The monoisotopic (exact) mass is 897 g/mol. The predicted octanol–water partition coefficient (Wildman–Crippen LogP) is 5.32. The molecule has 2 unspecified atom stereocenters. The van der Waals surface area contributed by atoms with Gasteiger partial charge in [0.2, 0.25) is 5.91 Å². The van der Waals surface area contributed by atoms with E-state index in [9.17, 15) is 24.3 Å². The molecule has 17 nitrogen and oxygen atoms in total. The van der Waals surface area contributed by atoms with Gasteiger partial charge in [-0.1, -0.05) is 31.2 Å². The highest BCUT2D eigenvalue weighted by atomic mass is 32.1. The van der Waals surface area contributed by atoms with Crippen LogP contribution in [0.1, 0.15) is 93.9 Å². The summed E-state index contributed by atoms with van der Waals surface area (Å²) in [6.07, 6.45) is -0.810. The number of unbranched alkanes of at least 4 members (excludes halogenated alkanes) is 1. The number of Topliss-reactive ketones (excluding diaryl/α,β-unsaturated/α-hetero) is 1. The van der Waals surface area contributed by atoms with Crippen LogP contribution in [0.25, 0.3) is 20.9 Å². The van der Waals surface area contributed by atoms with Crippen LogP contribution in [0.5, 0.6) is 0 Å². The molecule has 3 saturated heterocycles. The Labute approximate surface area is 374 Å². The van der Waals surface area contributed by atoms with Crippen molar-refractivity contribution in [3.63, 3.8) is 0 Å². The van der Waals surface area contributed by atoms with Gasteiger partial charge in [-0.15, -0.1) is 16.4 Å². The highest BCUT2D eigenvalue weighted by Crippen LogP contribution is 2.41. The van der Waals surface area contributed by atoms with Gasteiger partial charge in [-0.25, -0.2) is 9.78 Å². The summed E-state index contributed by atoms with van der Waals surface area (Å²) in [6.45, 7) is 15.3. The minimum absolute atomic E-state index is 0.210. The SMILES string of the molecule is CC[C@H]1OC(=O)[C@H](C)C(=O)C[C@@H](O[C@@H]2O[C@H](C)CC(N(C)C)C2O)[C@](C)(OC)C[C@@H](C)CN(C(C)=O)[C@H](C)[C@H]2N(CCCCn3cc(-c4nc5ccccc5s4)nn3)C(=O)O[C@]12C. The van der Waals surface area contributed by atoms with Gasteiger partial charge in [-0.05, 0) is 98.9 Å². The molecule has 348 valence electrons. The molecule has 3 aliphatic rings. The molecule has 0 saturated carbocycles. The normalized spacial score (nSPS) is 33.8. The molecule has 12 atom stereocenters. The lowest BCUT2D eigenvalue weighted by Crippen LogP contribution is -2.62. The number of ketones is 1. The molecule has 3 fully saturated rings. The van der Waals surface area contributed by atoms with Crippen molar-refractivity contribution >= 4 is 45.3 Å². The number of thiazole rings is 1. The van der Waals surface area contributed by atoms with E-state index in [0.717, 1.165) is 15.2 Å². The Balaban J connectivity index is 1.25. The fourth-order valence-electron chi connectivity index (χ4n) is 9.75. The summed E-state index contributed by atoms with van der Waals surface area (Å²) in [5.41, 5.74) is -0.931. The first-order valence-corrected chi connectivity index (χ1v) is 23.1. The van der Waals surface area contributed by atoms with E-state index in [0.29, 0.717) is 44.5 Å². The lowest BCUT2D eigenvalue weighted by atomic mass is 9.82. The van der Waals surface area contributed by atoms with Gasteiger partial charge in [-0.3, -0.25) is 24.0 Å². The highest BCUT2D eigenvalue weighted by molar-refractivity contribution is 7.21. The van der Waals surface area contributed by atoms with Crippen LogP contribution < -0.4 is 0 Å². The van der Waals surface area contributed by atoms with Gasteiger partial charge in [0.15, 0.2) is 11.9 Å². The molecule has 2 aromatic heterocycles. The van der Waals surface area contributed by atoms with Crippen molar-refractivity contribution in [2.24, 2.45) is 11.8 Å². The number of cyclic esters (lactones) is 1. The van der Waals surface area contributed by atoms with E-state index >= 15 is 0 Å². The van der Waals surface area contributed by atoms with Gasteiger partial charge >= 0.3 is 12.1 Å². The van der Waals surface area contributed by atoms with Gasteiger partial charge < -0.3 is 38.6 Å². The second kappa shape index (κ2) is 20.0. The number of aryl methyl sites for hydroxylation is 1. The van der Waals surface area contributed by atoms with E-state index in [1.807, 2.05) is 84.1 Å². The van der Waals surface area contributed by atoms with Crippen molar-refractivity contribution in [2.45, 2.75) is 160 Å². The number of benzene rings is 1. The molecule has 2 amide bonds. The largest absolute Gasteiger partial charge is 0.458 e. The van der Waals surface area contributed by atoms with E-state index < -0.39 is 71.7 Å². The summed E-state index contributed by atoms with van der Waals surface area (Å²) in [5.74, 6) is -2.86. The fourth-order valence-corrected chi connectivity index (χ4v) is 10.7. The third-order valence-corrected chi connectivity index (χ3v) is 14.4. The second-order valence-corrected chi connectivity index (χ2v) is 19.4. The summed E-state index contributed by atoms with van der Waals surface area (Å²) in [4.78, 5) is 66.0. The van der Waals surface area contributed by atoms with Gasteiger partial charge in [0.1, 0.15) is 34.6 Å². The summed E-state index contributed by atoms with van der Waals surface area (Å²) in [6, 6.07) is 6.34. The van der Waals surface area contributed by atoms with Gasteiger partial charge in [0.05, 0.1) is 46.3 Å². The Kier molecular flexibility index (Phi) is 15.3. The first-order chi connectivity index (χ1) is 29.8. The highest BCUT2D eigenvalue weighted by Gasteiger charge is 2.59. The van der Waals surface area contributed by atoms with Crippen LogP contribution in [0.15, 0.2) is 30.5 Å². The van der Waals surface area contributed by atoms with Crippen LogP contribution >= 0.6 is 11.3 Å². The van der Waals surface area contributed by atoms with Crippen LogP contribution in [0.3, 0.4) is 0 Å². The standard InChI is InChI=1S/C45H67N7O10S/c1-12-36-45(8)39(51(43(57)62-45)20-16-15-19-50-25-32(47-48-50)40-46-31-17-13-14-18-35(31)63-40)29(5)52(30(6)53)24-26(2)23-44(7,58-11)37(22-34(54)28(4)41(56)60-36)61-42-38(55)33(49(9)10)21-27(3)59-42/h13-14,17-18,25-29,33,36-39,42,55H,12,15-16,19-24H2,1-11H3/t26-,27-,28-,29-,33?,36-,37-,38?,39-,42+,44-,45-/m1/s1. The van der Waals surface area contributed by atoms with Crippen LogP contribution in [-0.4, -0.2) is 158 Å². The molecule has 3 aromatic rings. The maximum absolute atomic E-state index is 14.2. The number of esters is 1. The van der Waals surface area contributed by atoms with E-state index in [1.165, 1.54) is 21.0 Å². The van der Waals surface area contributed by atoms with Crippen molar-refractivity contribution in [3.8, 4) is 10.7 Å². The average molecular weight is 898 g/mol. The molecule has 3 aliphatic heterocycles. The van der Waals surface area contributed by atoms with Crippen LogP contribution in [0.4, 0.5) is 4.79 Å². The number of amides is 2. The van der Waals surface area contributed by atoms with Gasteiger partial charge in [0.25, 0.3) is 0 Å². The first-order valence-electron chi connectivity index (χ1n) is 22.3. The Morgan fingerprint density at radius 3 is 2.46 bits per heavy atom. The molecule has 0 aliphatic carbocycles. The number of hydrogen-bond donors (Lipinski definition) is 1. The minimum atomic E-state index is -1.39. The van der Waals surface area contributed by atoms with E-state index in [2.05, 4.69) is 10.3 Å². The zero-order chi connectivity index (χ0) is 46.0. The number of methoxy groups -OCH3 is 1. The predicted molar refractivity (Wildman–Crippen MR) is 236 cm³/mol. The third kappa shape index (κ3) is 10.4. The number of rotatable bonds is 11. The first kappa shape index (κ1) is 48.4. The molecule has 0 spiro atoms. The topological polar surface area (TPSA) is 188 Å². The molecule has 1 aromatic carbocycles. The zero-order valence-electron chi connectivity index (χ0n) is 38.7. The van der Waals surface area contributed by atoms with Crippen molar-refractivity contribution in [1.29, 1.82) is 0 Å². The summed E-state index contributed by atoms with van der Waals surface area (Å²) in [7, 11) is 5.30. The molecule has 0 bridgehead atoms. The Morgan fingerprint density at radius 2 is 1.79 bits per heavy atom. The number of hydrogen-bond acceptors (Lipinski definition) is 15. The number of para-hydroxylation sites is 1. The Morgan fingerprint density at radius 1 is 1.08 bits per heavy atom. The Bertz CT molecular complexity index is 2050. The quantitative estimate of drug-likeness (QED) is 0.148. The third-order valence-electron chi connectivity index (χ3n) is 13.4. The van der Waals surface area contributed by atoms with Crippen molar-refractivity contribution in [3.05, 3.63) is 30.5 Å². The molecule has 1 N–H and O–H groups in total. The van der Waals surface area contributed by atoms with Gasteiger partial charge in [0, 0.05) is 46.1 Å². The average Bonchev–Trinajstić information content (AvgIpc) is 3.96. The number of nitrogens with zero attached hydrogens (tertiary/aromatic N) is 7. The Hall–Kier alpha value is -4.07. The van der Waals surface area contributed by atoms with Crippen molar-refractivity contribution in [1.82, 2.24) is 34.7 Å². The second-order valence-electron chi connectivity index (χ2n) is 18.4. The molecular weight excluding hydrogens is 831 g/mol. The minimum Gasteiger partial charge on any atom is -0.458 e. The summed E-state index contributed by atoms with van der Waals surface area (Å²) < 4.78 is 34.2. The van der Waals surface area contributed by atoms with Crippen molar-refractivity contribution < 1.29 is 48.0 Å². The zero-order valence-corrected chi connectivity index (χ0v) is 39.5. The van der Waals surface area contributed by atoms with E-state index in [1.54, 1.807) is 32.7 Å². The molecule has 18 heteroatoms.